The predicted octanol–water partition coefficient (Wildman–Crippen LogP) is 7.94. The number of halogens is 6. The second kappa shape index (κ2) is 7.44. The third-order valence-corrected chi connectivity index (χ3v) is 8.44. The van der Waals surface area contributed by atoms with Crippen molar-refractivity contribution >= 4 is 10.0 Å². The molecule has 0 unspecified atom stereocenters. The van der Waals surface area contributed by atoms with Gasteiger partial charge in [0, 0.05) is 0 Å². The van der Waals surface area contributed by atoms with Crippen molar-refractivity contribution in [3.05, 3.63) is 89.5 Å². The first kappa shape index (κ1) is 21.3. The van der Waals surface area contributed by atoms with E-state index in [-0.39, 0.29) is 0 Å². The molecule has 0 saturated heterocycles. The highest BCUT2D eigenvalue weighted by Gasteiger charge is 2.33. The molecular weight excluding hydrogens is 410 g/mol. The molecule has 154 valence electrons. The van der Waals surface area contributed by atoms with E-state index in [0.717, 1.165) is 34.7 Å². The Kier molecular flexibility index (Phi) is 5.47. The van der Waals surface area contributed by atoms with Gasteiger partial charge in [-0.05, 0) is 88.5 Å². The summed E-state index contributed by atoms with van der Waals surface area (Å²) in [6, 6.07) is 17.2. The largest absolute Gasteiger partial charge is 0.416 e. The van der Waals surface area contributed by atoms with Crippen LogP contribution in [0, 0.1) is 6.92 Å². The maximum atomic E-state index is 13.0. The van der Waals surface area contributed by atoms with Gasteiger partial charge < -0.3 is 0 Å². The molecule has 3 rings (SSSR count). The lowest BCUT2D eigenvalue weighted by atomic mass is 10.2. The van der Waals surface area contributed by atoms with E-state index in [1.165, 1.54) is 24.3 Å². The van der Waals surface area contributed by atoms with Crippen LogP contribution in [0.25, 0.3) is 0 Å². The summed E-state index contributed by atoms with van der Waals surface area (Å²) in [6.45, 7) is 1.91. The summed E-state index contributed by atoms with van der Waals surface area (Å²) in [6.07, 6.45) is -7.03. The average molecular weight is 428 g/mol. The molecule has 0 aliphatic rings. The SMILES string of the molecule is Cc1ccc(S(C)(c2ccc(C(F)(F)F)cc2)c2ccc(C(F)(F)F)cc2)cc1. The Morgan fingerprint density at radius 2 is 0.793 bits per heavy atom. The molecule has 0 heterocycles. The summed E-state index contributed by atoms with van der Waals surface area (Å²) in [5.74, 6) is 0. The molecular formula is C22H18F6S. The minimum absolute atomic E-state index is 0.633. The fraction of sp³-hybridized carbons (Fsp3) is 0.182. The summed E-state index contributed by atoms with van der Waals surface area (Å²) in [4.78, 5) is 2.12. The van der Waals surface area contributed by atoms with Crippen LogP contribution in [0.3, 0.4) is 0 Å². The topological polar surface area (TPSA) is 0 Å². The molecule has 0 saturated carbocycles. The van der Waals surface area contributed by atoms with E-state index in [4.69, 9.17) is 0 Å². The fourth-order valence-corrected chi connectivity index (χ4v) is 5.91. The van der Waals surface area contributed by atoms with Gasteiger partial charge in [-0.25, -0.2) is 0 Å². The fourth-order valence-electron chi connectivity index (χ4n) is 3.05. The van der Waals surface area contributed by atoms with Crippen molar-refractivity contribution in [2.75, 3.05) is 6.26 Å². The minimum Gasteiger partial charge on any atom is -0.166 e. The number of aryl methyl sites for hydroxylation is 1. The zero-order chi connectivity index (χ0) is 21.4. The highest BCUT2D eigenvalue weighted by Crippen LogP contribution is 2.65. The molecule has 0 aliphatic heterocycles. The van der Waals surface area contributed by atoms with Crippen molar-refractivity contribution < 1.29 is 26.3 Å². The first-order valence-corrected chi connectivity index (χ1v) is 10.7. The van der Waals surface area contributed by atoms with Gasteiger partial charge in [0.05, 0.1) is 11.1 Å². The van der Waals surface area contributed by atoms with Crippen molar-refractivity contribution in [1.29, 1.82) is 0 Å². The summed E-state index contributed by atoms with van der Waals surface area (Å²) in [5.41, 5.74) is -0.519. The van der Waals surface area contributed by atoms with E-state index >= 15 is 0 Å². The van der Waals surface area contributed by atoms with Crippen LogP contribution in [0.4, 0.5) is 26.3 Å². The van der Waals surface area contributed by atoms with Gasteiger partial charge in [-0.1, -0.05) is 17.7 Å². The molecule has 0 aliphatic carbocycles. The van der Waals surface area contributed by atoms with Gasteiger partial charge in [0.15, 0.2) is 0 Å². The van der Waals surface area contributed by atoms with E-state index in [0.29, 0.717) is 9.79 Å². The van der Waals surface area contributed by atoms with E-state index in [1.54, 1.807) is 0 Å². The van der Waals surface area contributed by atoms with Crippen LogP contribution < -0.4 is 0 Å². The molecule has 3 aromatic rings. The summed E-state index contributed by atoms with van der Waals surface area (Å²) in [5, 5.41) is 0. The highest BCUT2D eigenvalue weighted by molar-refractivity contribution is 8.33. The monoisotopic (exact) mass is 428 g/mol. The van der Waals surface area contributed by atoms with Crippen LogP contribution in [0.15, 0.2) is 87.5 Å². The van der Waals surface area contributed by atoms with Crippen molar-refractivity contribution in [2.24, 2.45) is 0 Å². The maximum Gasteiger partial charge on any atom is 0.416 e. The third-order valence-electron chi connectivity index (χ3n) is 4.80. The Balaban J connectivity index is 2.16. The zero-order valence-electron chi connectivity index (χ0n) is 15.6. The first-order valence-electron chi connectivity index (χ1n) is 8.62. The normalized spacial score (nSPS) is 13.4. The van der Waals surface area contributed by atoms with Crippen LogP contribution in [-0.4, -0.2) is 6.26 Å². The molecule has 0 nitrogen and oxygen atoms in total. The van der Waals surface area contributed by atoms with Crippen LogP contribution in [0.5, 0.6) is 0 Å². The van der Waals surface area contributed by atoms with Crippen molar-refractivity contribution in [1.82, 2.24) is 0 Å². The second-order valence-electron chi connectivity index (χ2n) is 6.78. The Bertz CT molecular complexity index is 911. The number of rotatable bonds is 3. The van der Waals surface area contributed by atoms with Gasteiger partial charge in [0.25, 0.3) is 0 Å². The van der Waals surface area contributed by atoms with E-state index in [2.05, 4.69) is 0 Å². The molecule has 0 amide bonds. The molecule has 7 heteroatoms. The molecule has 0 spiro atoms. The van der Waals surface area contributed by atoms with Crippen LogP contribution in [0.1, 0.15) is 16.7 Å². The van der Waals surface area contributed by atoms with E-state index in [9.17, 15) is 26.3 Å². The Labute approximate surface area is 166 Å². The van der Waals surface area contributed by atoms with Gasteiger partial charge in [-0.3, -0.25) is 0 Å². The van der Waals surface area contributed by atoms with E-state index in [1.807, 2.05) is 37.4 Å². The summed E-state index contributed by atoms with van der Waals surface area (Å²) >= 11 is 0. The first-order chi connectivity index (χ1) is 13.4. The molecule has 3 aromatic carbocycles. The predicted molar refractivity (Wildman–Crippen MR) is 102 cm³/mol. The number of benzene rings is 3. The average Bonchev–Trinajstić information content (AvgIpc) is 2.67. The molecule has 0 N–H and O–H groups in total. The van der Waals surface area contributed by atoms with Crippen LogP contribution in [0.2, 0.25) is 0 Å². The minimum atomic E-state index is -4.46. The number of hydrogen-bond acceptors (Lipinski definition) is 0. The molecule has 0 bridgehead atoms. The second-order valence-corrected chi connectivity index (χ2v) is 10.0. The Morgan fingerprint density at radius 3 is 1.07 bits per heavy atom. The van der Waals surface area contributed by atoms with Gasteiger partial charge in [0.2, 0.25) is 0 Å². The quantitative estimate of drug-likeness (QED) is 0.372. The van der Waals surface area contributed by atoms with E-state index < -0.39 is 33.5 Å². The molecule has 0 aromatic heterocycles. The highest BCUT2D eigenvalue weighted by atomic mass is 32.3. The van der Waals surface area contributed by atoms with Gasteiger partial charge in [0.1, 0.15) is 0 Å². The third kappa shape index (κ3) is 4.29. The lowest BCUT2D eigenvalue weighted by Crippen LogP contribution is -2.07. The van der Waals surface area contributed by atoms with Gasteiger partial charge >= 0.3 is 12.4 Å². The molecule has 0 fully saturated rings. The smallest absolute Gasteiger partial charge is 0.166 e. The Morgan fingerprint density at radius 1 is 0.517 bits per heavy atom. The molecule has 0 atom stereocenters. The maximum absolute atomic E-state index is 13.0. The van der Waals surface area contributed by atoms with Gasteiger partial charge in [-0.15, -0.1) is 0 Å². The summed E-state index contributed by atoms with van der Waals surface area (Å²) in [7, 11) is -2.05. The number of alkyl halides is 6. The van der Waals surface area contributed by atoms with Crippen molar-refractivity contribution in [3.8, 4) is 0 Å². The Hall–Kier alpha value is -2.41. The van der Waals surface area contributed by atoms with Crippen LogP contribution in [-0.2, 0) is 12.4 Å². The molecule has 0 radical (unpaired) electrons. The number of hydrogen-bond donors (Lipinski definition) is 0. The van der Waals surface area contributed by atoms with Gasteiger partial charge in [-0.2, -0.15) is 36.4 Å². The van der Waals surface area contributed by atoms with Crippen molar-refractivity contribution in [3.63, 3.8) is 0 Å². The summed E-state index contributed by atoms with van der Waals surface area (Å²) < 4.78 is 77.8. The van der Waals surface area contributed by atoms with Crippen LogP contribution >= 0.6 is 10.0 Å². The lowest BCUT2D eigenvalue weighted by molar-refractivity contribution is -0.138. The molecule has 29 heavy (non-hydrogen) atoms. The standard InChI is InChI=1S/C22H18F6S/c1-15-3-9-18(10-4-15)29(2,19-11-5-16(6-12-19)21(23,24)25)20-13-7-17(8-14-20)22(26,27)28/h3-14H,1-2H3. The zero-order valence-corrected chi connectivity index (χ0v) is 16.4. The lowest BCUT2D eigenvalue weighted by Gasteiger charge is -2.38. The van der Waals surface area contributed by atoms with Crippen molar-refractivity contribution in [2.45, 2.75) is 34.0 Å².